The van der Waals surface area contributed by atoms with Crippen LogP contribution in [0.2, 0.25) is 10.0 Å². The van der Waals surface area contributed by atoms with Crippen LogP contribution in [-0.2, 0) is 9.59 Å². The smallest absolute Gasteiger partial charge is 0.282 e. The summed E-state index contributed by atoms with van der Waals surface area (Å²) in [6, 6.07) is 13.6. The minimum absolute atomic E-state index is 0.0774. The highest BCUT2D eigenvalue weighted by molar-refractivity contribution is 6.42. The summed E-state index contributed by atoms with van der Waals surface area (Å²) >= 11 is 11.9. The van der Waals surface area contributed by atoms with Crippen molar-refractivity contribution in [2.24, 2.45) is 0 Å². The first kappa shape index (κ1) is 19.7. The molecule has 2 heterocycles. The summed E-state index contributed by atoms with van der Waals surface area (Å²) < 4.78 is 5.65. The third-order valence-corrected chi connectivity index (χ3v) is 5.05. The number of benzene rings is 2. The van der Waals surface area contributed by atoms with Crippen LogP contribution in [0, 0.1) is 10.1 Å². The van der Waals surface area contributed by atoms with Gasteiger partial charge in [0.1, 0.15) is 17.1 Å². The second kappa shape index (κ2) is 7.66. The molecule has 0 radical (unpaired) electrons. The maximum atomic E-state index is 12.7. The Bertz CT molecular complexity index is 1230. The maximum absolute atomic E-state index is 12.7. The van der Waals surface area contributed by atoms with E-state index in [-0.39, 0.29) is 22.0 Å². The summed E-state index contributed by atoms with van der Waals surface area (Å²) in [4.78, 5) is 35.4. The molecule has 10 heteroatoms. The van der Waals surface area contributed by atoms with Gasteiger partial charge in [0, 0.05) is 17.7 Å². The number of hydrogen-bond donors (Lipinski definition) is 1. The average molecular weight is 444 g/mol. The molecule has 1 aliphatic rings. The number of hydrazine groups is 1. The second-order valence-electron chi connectivity index (χ2n) is 6.25. The van der Waals surface area contributed by atoms with Crippen molar-refractivity contribution in [3.63, 3.8) is 0 Å². The van der Waals surface area contributed by atoms with Crippen molar-refractivity contribution in [2.75, 3.05) is 5.01 Å². The molecule has 2 aromatic carbocycles. The highest BCUT2D eigenvalue weighted by Crippen LogP contribution is 2.30. The summed E-state index contributed by atoms with van der Waals surface area (Å²) in [7, 11) is 0. The fraction of sp³-hybridized carbons (Fsp3) is 0. The number of rotatable bonds is 4. The van der Waals surface area contributed by atoms with Crippen LogP contribution in [0.5, 0.6) is 0 Å². The van der Waals surface area contributed by atoms with Crippen LogP contribution in [0.15, 0.2) is 64.6 Å². The first-order valence-corrected chi connectivity index (χ1v) is 9.26. The molecule has 8 nitrogen and oxygen atoms in total. The first-order chi connectivity index (χ1) is 14.3. The van der Waals surface area contributed by atoms with Crippen molar-refractivity contribution in [3.8, 4) is 11.3 Å². The SMILES string of the molecule is O=C1NN(c2ccc(Cl)c(Cl)c2)C(=O)C1=Cc1ccc(-c2cccc([N+](=O)[O-])c2)o1. The van der Waals surface area contributed by atoms with Gasteiger partial charge in [-0.15, -0.1) is 0 Å². The van der Waals surface area contributed by atoms with Crippen LogP contribution in [-0.4, -0.2) is 16.7 Å². The van der Waals surface area contributed by atoms with Crippen molar-refractivity contribution in [3.05, 3.63) is 86.1 Å². The Morgan fingerprint density at radius 2 is 1.83 bits per heavy atom. The van der Waals surface area contributed by atoms with E-state index in [2.05, 4.69) is 5.43 Å². The Balaban J connectivity index is 1.62. The van der Waals surface area contributed by atoms with E-state index in [9.17, 15) is 19.7 Å². The number of carbonyl (C=O) groups is 2. The number of nitrogens with zero attached hydrogens (tertiary/aromatic N) is 2. The topological polar surface area (TPSA) is 106 Å². The number of furan rings is 1. The van der Waals surface area contributed by atoms with E-state index in [0.29, 0.717) is 22.0 Å². The molecule has 0 saturated carbocycles. The minimum atomic E-state index is -0.612. The highest BCUT2D eigenvalue weighted by Gasteiger charge is 2.35. The number of hydrogen-bond acceptors (Lipinski definition) is 5. The first-order valence-electron chi connectivity index (χ1n) is 8.50. The van der Waals surface area contributed by atoms with Crippen LogP contribution < -0.4 is 10.4 Å². The molecular formula is C20H11Cl2N3O5. The summed E-state index contributed by atoms with van der Waals surface area (Å²) in [5, 5.41) is 12.6. The molecule has 2 amide bonds. The third kappa shape index (κ3) is 3.66. The summed E-state index contributed by atoms with van der Waals surface area (Å²) in [5.41, 5.74) is 3.08. The van der Waals surface area contributed by atoms with Gasteiger partial charge in [0.25, 0.3) is 17.5 Å². The Hall–Kier alpha value is -3.62. The standard InChI is InChI=1S/C20H11Cl2N3O5/c21-16-6-4-12(9-17(16)22)24-20(27)15(19(26)23-24)10-14-5-7-18(30-14)11-2-1-3-13(8-11)25(28)29/h1-10H,(H,23,26). The highest BCUT2D eigenvalue weighted by atomic mass is 35.5. The fourth-order valence-electron chi connectivity index (χ4n) is 2.86. The van der Waals surface area contributed by atoms with E-state index < -0.39 is 16.7 Å². The lowest BCUT2D eigenvalue weighted by Crippen LogP contribution is -2.35. The molecule has 150 valence electrons. The molecule has 1 saturated heterocycles. The van der Waals surface area contributed by atoms with Crippen LogP contribution >= 0.6 is 23.2 Å². The normalized spacial score (nSPS) is 15.0. The molecule has 0 atom stereocenters. The number of amides is 2. The Kier molecular flexibility index (Phi) is 5.03. The van der Waals surface area contributed by atoms with Gasteiger partial charge in [0.2, 0.25) is 0 Å². The second-order valence-corrected chi connectivity index (χ2v) is 7.06. The lowest BCUT2D eigenvalue weighted by Gasteiger charge is -2.15. The van der Waals surface area contributed by atoms with Gasteiger partial charge in [0.05, 0.1) is 20.7 Å². The Morgan fingerprint density at radius 1 is 1.03 bits per heavy atom. The third-order valence-electron chi connectivity index (χ3n) is 4.31. The maximum Gasteiger partial charge on any atom is 0.282 e. The van der Waals surface area contributed by atoms with Gasteiger partial charge in [0.15, 0.2) is 0 Å². The molecule has 0 bridgehead atoms. The van der Waals surface area contributed by atoms with Gasteiger partial charge in [-0.3, -0.25) is 25.1 Å². The molecule has 0 aliphatic carbocycles. The van der Waals surface area contributed by atoms with Gasteiger partial charge in [-0.2, -0.15) is 0 Å². The van der Waals surface area contributed by atoms with Crippen LogP contribution in [0.1, 0.15) is 5.76 Å². The molecule has 1 fully saturated rings. The van der Waals surface area contributed by atoms with E-state index in [1.807, 2.05) is 0 Å². The Morgan fingerprint density at radius 3 is 2.57 bits per heavy atom. The number of nitro benzene ring substituents is 1. The summed E-state index contributed by atoms with van der Waals surface area (Å²) in [6.07, 6.45) is 1.30. The van der Waals surface area contributed by atoms with Crippen LogP contribution in [0.3, 0.4) is 0 Å². The van der Waals surface area contributed by atoms with Gasteiger partial charge in [-0.25, -0.2) is 5.01 Å². The number of carbonyl (C=O) groups excluding carboxylic acids is 2. The van der Waals surface area contributed by atoms with Gasteiger partial charge in [-0.05, 0) is 36.4 Å². The van der Waals surface area contributed by atoms with Crippen molar-refractivity contribution in [1.29, 1.82) is 0 Å². The van der Waals surface area contributed by atoms with Crippen molar-refractivity contribution < 1.29 is 18.9 Å². The van der Waals surface area contributed by atoms with Crippen molar-refractivity contribution in [2.45, 2.75) is 0 Å². The number of nitrogens with one attached hydrogen (secondary N) is 1. The zero-order valence-electron chi connectivity index (χ0n) is 15.0. The molecule has 4 rings (SSSR count). The molecular weight excluding hydrogens is 433 g/mol. The predicted octanol–water partition coefficient (Wildman–Crippen LogP) is 4.62. The van der Waals surface area contributed by atoms with Crippen molar-refractivity contribution in [1.82, 2.24) is 5.43 Å². The molecule has 1 aromatic heterocycles. The molecule has 1 aliphatic heterocycles. The number of nitro groups is 1. The zero-order chi connectivity index (χ0) is 21.4. The van der Waals surface area contributed by atoms with Crippen molar-refractivity contribution >= 4 is 52.5 Å². The monoisotopic (exact) mass is 443 g/mol. The summed E-state index contributed by atoms with van der Waals surface area (Å²) in [6.45, 7) is 0. The van der Waals surface area contributed by atoms with Crippen LogP contribution in [0.4, 0.5) is 11.4 Å². The van der Waals surface area contributed by atoms with Gasteiger partial charge < -0.3 is 4.42 Å². The van der Waals surface area contributed by atoms with Crippen LogP contribution in [0.25, 0.3) is 17.4 Å². The Labute approximate surface area is 179 Å². The number of anilines is 1. The minimum Gasteiger partial charge on any atom is -0.457 e. The van der Waals surface area contributed by atoms with Gasteiger partial charge >= 0.3 is 0 Å². The van der Waals surface area contributed by atoms with E-state index in [0.717, 1.165) is 5.01 Å². The van der Waals surface area contributed by atoms with E-state index in [4.69, 9.17) is 27.6 Å². The molecule has 0 spiro atoms. The van der Waals surface area contributed by atoms with E-state index in [1.54, 1.807) is 24.3 Å². The lowest BCUT2D eigenvalue weighted by molar-refractivity contribution is -0.384. The average Bonchev–Trinajstić information content (AvgIpc) is 3.30. The summed E-state index contributed by atoms with van der Waals surface area (Å²) in [5.74, 6) is -0.602. The number of non-ortho nitro benzene ring substituents is 1. The molecule has 0 unspecified atom stereocenters. The molecule has 1 N–H and O–H groups in total. The van der Waals surface area contributed by atoms with E-state index >= 15 is 0 Å². The zero-order valence-corrected chi connectivity index (χ0v) is 16.5. The molecule has 3 aromatic rings. The van der Waals surface area contributed by atoms with E-state index in [1.165, 1.54) is 36.4 Å². The lowest BCUT2D eigenvalue weighted by atomic mass is 10.1. The molecule has 30 heavy (non-hydrogen) atoms. The predicted molar refractivity (Wildman–Crippen MR) is 111 cm³/mol. The van der Waals surface area contributed by atoms with Gasteiger partial charge in [-0.1, -0.05) is 35.3 Å². The quantitative estimate of drug-likeness (QED) is 0.274. The number of halogens is 2. The largest absolute Gasteiger partial charge is 0.457 e. The fourth-order valence-corrected chi connectivity index (χ4v) is 3.16.